The summed E-state index contributed by atoms with van der Waals surface area (Å²) in [5.41, 5.74) is 8.83. The number of fused-ring (bicyclic) bond motifs is 2. The maximum atomic E-state index is 13.4. The lowest BCUT2D eigenvalue weighted by molar-refractivity contribution is -0.146. The molecular formula is C24H28N8O2. The summed E-state index contributed by atoms with van der Waals surface area (Å²) in [6.45, 7) is 6.80. The highest BCUT2D eigenvalue weighted by molar-refractivity contribution is 6.40. The molecule has 4 heterocycles. The Morgan fingerprint density at radius 3 is 2.82 bits per heavy atom. The second kappa shape index (κ2) is 8.44. The van der Waals surface area contributed by atoms with E-state index in [1.807, 2.05) is 23.0 Å². The number of amides is 2. The van der Waals surface area contributed by atoms with E-state index in [2.05, 4.69) is 52.4 Å². The number of nitrogens with two attached hydrogens (primary N) is 1. The zero-order valence-corrected chi connectivity index (χ0v) is 19.4. The van der Waals surface area contributed by atoms with Crippen LogP contribution in [0.4, 0.5) is 11.5 Å². The van der Waals surface area contributed by atoms with Crippen LogP contribution in [0.15, 0.2) is 36.8 Å². The highest BCUT2D eigenvalue weighted by Gasteiger charge is 2.34. The van der Waals surface area contributed by atoms with Crippen LogP contribution in [-0.4, -0.2) is 48.2 Å². The molecule has 0 bridgehead atoms. The third-order valence-corrected chi connectivity index (χ3v) is 6.53. The first-order chi connectivity index (χ1) is 16.3. The molecule has 10 heteroatoms. The van der Waals surface area contributed by atoms with Crippen molar-refractivity contribution >= 4 is 45.1 Å². The van der Waals surface area contributed by atoms with Crippen LogP contribution in [0.25, 0.3) is 21.8 Å². The highest BCUT2D eigenvalue weighted by Crippen LogP contribution is 2.35. The number of hydrogen-bond donors (Lipinski definition) is 3. The molecular weight excluding hydrogens is 432 g/mol. The minimum absolute atomic E-state index is 0.182. The average molecular weight is 461 g/mol. The molecule has 1 aliphatic rings. The maximum Gasteiger partial charge on any atom is 0.314 e. The molecule has 176 valence electrons. The molecule has 2 unspecified atom stereocenters. The molecule has 34 heavy (non-hydrogen) atoms. The van der Waals surface area contributed by atoms with Crippen molar-refractivity contribution in [2.45, 2.75) is 45.7 Å². The number of benzene rings is 1. The number of hydrogen-bond acceptors (Lipinski definition) is 6. The Bertz CT molecular complexity index is 1390. The van der Waals surface area contributed by atoms with E-state index in [-0.39, 0.29) is 12.1 Å². The normalized spacial score (nSPS) is 18.6. The molecule has 0 aliphatic carbocycles. The molecule has 1 saturated heterocycles. The summed E-state index contributed by atoms with van der Waals surface area (Å²) in [5, 5.41) is 15.6. The summed E-state index contributed by atoms with van der Waals surface area (Å²) in [6, 6.07) is 6.24. The van der Waals surface area contributed by atoms with Crippen LogP contribution in [0.1, 0.15) is 51.3 Å². The maximum absolute atomic E-state index is 13.4. The van der Waals surface area contributed by atoms with Crippen LogP contribution in [0.2, 0.25) is 0 Å². The second-order valence-corrected chi connectivity index (χ2v) is 9.33. The Morgan fingerprint density at radius 2 is 2.03 bits per heavy atom. The predicted octanol–water partition coefficient (Wildman–Crippen LogP) is 3.41. The quantitative estimate of drug-likeness (QED) is 0.401. The fourth-order valence-corrected chi connectivity index (χ4v) is 4.77. The van der Waals surface area contributed by atoms with E-state index in [0.29, 0.717) is 34.9 Å². The number of H-pyrrole nitrogens is 1. The fourth-order valence-electron chi connectivity index (χ4n) is 4.77. The number of likely N-dealkylation sites (tertiary alicyclic amines) is 1. The standard InChI is InChI=1S/C24H28N8O2/c1-13(2)32-20-7-5-15(8-16(20)9-28-32)19-6-4-14(3)12-31(19)24(34)23(33)29-18-11-26-22(25)17-10-27-30-21(17)18/h5,7-11,13-14,19H,4,6,12H2,1-3H3,(H2,25,26)(H,27,30)(H,29,33). The van der Waals surface area contributed by atoms with Crippen molar-refractivity contribution in [1.29, 1.82) is 0 Å². The van der Waals surface area contributed by atoms with Gasteiger partial charge in [-0.25, -0.2) is 4.98 Å². The number of aromatic nitrogens is 5. The van der Waals surface area contributed by atoms with E-state index in [9.17, 15) is 9.59 Å². The molecule has 1 fully saturated rings. The summed E-state index contributed by atoms with van der Waals surface area (Å²) in [6.07, 6.45) is 6.59. The van der Waals surface area contributed by atoms with E-state index in [1.165, 1.54) is 12.4 Å². The molecule has 10 nitrogen and oxygen atoms in total. The molecule has 0 spiro atoms. The lowest BCUT2D eigenvalue weighted by atomic mass is 9.89. The summed E-state index contributed by atoms with van der Waals surface area (Å²) in [4.78, 5) is 32.2. The molecule has 2 atom stereocenters. The van der Waals surface area contributed by atoms with Crippen molar-refractivity contribution in [2.24, 2.45) is 5.92 Å². The molecule has 0 saturated carbocycles. The van der Waals surface area contributed by atoms with Gasteiger partial charge >= 0.3 is 11.8 Å². The van der Waals surface area contributed by atoms with Crippen molar-refractivity contribution in [3.63, 3.8) is 0 Å². The molecule has 3 aromatic heterocycles. The van der Waals surface area contributed by atoms with Gasteiger partial charge in [0.15, 0.2) is 0 Å². The molecule has 1 aliphatic heterocycles. The van der Waals surface area contributed by atoms with Gasteiger partial charge in [0.05, 0.1) is 46.7 Å². The predicted molar refractivity (Wildman–Crippen MR) is 130 cm³/mol. The van der Waals surface area contributed by atoms with E-state index < -0.39 is 11.8 Å². The SMILES string of the molecule is CC1CCC(c2ccc3c(cnn3C(C)C)c2)N(C(=O)C(=O)Nc2cnc(N)c3cn[nH]c23)C1. The Labute approximate surface area is 196 Å². The Hall–Kier alpha value is -3.95. The largest absolute Gasteiger partial charge is 0.383 e. The summed E-state index contributed by atoms with van der Waals surface area (Å²) < 4.78 is 1.98. The second-order valence-electron chi connectivity index (χ2n) is 9.33. The Kier molecular flexibility index (Phi) is 5.43. The summed E-state index contributed by atoms with van der Waals surface area (Å²) in [7, 11) is 0. The topological polar surface area (TPSA) is 135 Å². The van der Waals surface area contributed by atoms with E-state index in [4.69, 9.17) is 5.73 Å². The monoisotopic (exact) mass is 460 g/mol. The van der Waals surface area contributed by atoms with Gasteiger partial charge in [0.2, 0.25) is 0 Å². The third-order valence-electron chi connectivity index (χ3n) is 6.53. The number of nitrogens with one attached hydrogen (secondary N) is 2. The first-order valence-corrected chi connectivity index (χ1v) is 11.5. The number of carbonyl (C=O) groups excluding carboxylic acids is 2. The number of piperidine rings is 1. The van der Waals surface area contributed by atoms with Crippen LogP contribution in [0, 0.1) is 5.92 Å². The Morgan fingerprint density at radius 1 is 1.21 bits per heavy atom. The molecule has 4 N–H and O–H groups in total. The van der Waals surface area contributed by atoms with E-state index in [1.54, 1.807) is 4.90 Å². The first kappa shape index (κ1) is 21.9. The lowest BCUT2D eigenvalue weighted by Gasteiger charge is -2.38. The number of aromatic amines is 1. The summed E-state index contributed by atoms with van der Waals surface area (Å²) >= 11 is 0. The van der Waals surface area contributed by atoms with Crippen molar-refractivity contribution in [3.8, 4) is 0 Å². The number of carbonyl (C=O) groups is 2. The van der Waals surface area contributed by atoms with Crippen molar-refractivity contribution in [1.82, 2.24) is 29.9 Å². The van der Waals surface area contributed by atoms with Gasteiger partial charge in [-0.1, -0.05) is 13.0 Å². The zero-order chi connectivity index (χ0) is 24.0. The molecule has 1 aromatic carbocycles. The number of nitrogens with zero attached hydrogens (tertiary/aromatic N) is 5. The smallest absolute Gasteiger partial charge is 0.314 e. The highest BCUT2D eigenvalue weighted by atomic mass is 16.2. The first-order valence-electron chi connectivity index (χ1n) is 11.5. The van der Waals surface area contributed by atoms with Crippen LogP contribution in [-0.2, 0) is 9.59 Å². The van der Waals surface area contributed by atoms with Gasteiger partial charge in [-0.05, 0) is 50.3 Å². The van der Waals surface area contributed by atoms with Gasteiger partial charge in [-0.2, -0.15) is 10.2 Å². The zero-order valence-electron chi connectivity index (χ0n) is 19.4. The minimum atomic E-state index is -0.713. The van der Waals surface area contributed by atoms with E-state index >= 15 is 0 Å². The van der Waals surface area contributed by atoms with Crippen molar-refractivity contribution in [2.75, 3.05) is 17.6 Å². The van der Waals surface area contributed by atoms with Crippen LogP contribution < -0.4 is 11.1 Å². The molecule has 2 amide bonds. The van der Waals surface area contributed by atoms with Gasteiger partial charge in [0.25, 0.3) is 0 Å². The summed E-state index contributed by atoms with van der Waals surface area (Å²) in [5.74, 6) is -0.679. The minimum Gasteiger partial charge on any atom is -0.383 e. The fraction of sp³-hybridized carbons (Fsp3) is 0.375. The van der Waals surface area contributed by atoms with Crippen molar-refractivity contribution in [3.05, 3.63) is 42.4 Å². The average Bonchev–Trinajstić information content (AvgIpc) is 3.48. The number of rotatable bonds is 3. The van der Waals surface area contributed by atoms with Crippen LogP contribution in [0.5, 0.6) is 0 Å². The van der Waals surface area contributed by atoms with Crippen molar-refractivity contribution < 1.29 is 9.59 Å². The van der Waals surface area contributed by atoms with Crippen LogP contribution >= 0.6 is 0 Å². The lowest BCUT2D eigenvalue weighted by Crippen LogP contribution is -2.46. The molecule has 5 rings (SSSR count). The number of anilines is 2. The van der Waals surface area contributed by atoms with Gasteiger partial charge in [-0.3, -0.25) is 19.4 Å². The van der Waals surface area contributed by atoms with E-state index in [0.717, 1.165) is 29.3 Å². The molecule has 4 aromatic rings. The number of nitrogen functional groups attached to an aromatic ring is 1. The van der Waals surface area contributed by atoms with Gasteiger partial charge < -0.3 is 16.0 Å². The number of pyridine rings is 1. The van der Waals surface area contributed by atoms with Gasteiger partial charge in [0.1, 0.15) is 5.82 Å². The van der Waals surface area contributed by atoms with Gasteiger partial charge in [0, 0.05) is 18.0 Å². The van der Waals surface area contributed by atoms with Crippen LogP contribution in [0.3, 0.4) is 0 Å². The third kappa shape index (κ3) is 3.74. The Balaban J connectivity index is 1.42. The molecule has 0 radical (unpaired) electrons. The van der Waals surface area contributed by atoms with Gasteiger partial charge in [-0.15, -0.1) is 0 Å².